The summed E-state index contributed by atoms with van der Waals surface area (Å²) >= 11 is 0. The molecule has 1 aliphatic carbocycles. The summed E-state index contributed by atoms with van der Waals surface area (Å²) in [6.07, 6.45) is 4.78. The first-order valence-corrected chi connectivity index (χ1v) is 11.1. The molecule has 1 saturated heterocycles. The van der Waals surface area contributed by atoms with E-state index < -0.39 is 0 Å². The number of carbonyl (C=O) groups is 1. The summed E-state index contributed by atoms with van der Waals surface area (Å²) in [5.74, 6) is 2.91. The van der Waals surface area contributed by atoms with Crippen molar-refractivity contribution in [3.05, 3.63) is 52.5 Å². The van der Waals surface area contributed by atoms with Crippen LogP contribution >= 0.6 is 0 Å². The predicted molar refractivity (Wildman–Crippen MR) is 116 cm³/mol. The molecule has 1 aromatic heterocycles. The van der Waals surface area contributed by atoms with Crippen LogP contribution in [0.1, 0.15) is 67.2 Å². The summed E-state index contributed by atoms with van der Waals surface area (Å²) in [7, 11) is 0. The number of anilines is 1. The molecule has 29 heavy (non-hydrogen) atoms. The highest BCUT2D eigenvalue weighted by Crippen LogP contribution is 2.40. The lowest BCUT2D eigenvalue weighted by Crippen LogP contribution is -2.49. The van der Waals surface area contributed by atoms with Crippen molar-refractivity contribution in [1.82, 2.24) is 14.9 Å². The highest BCUT2D eigenvalue weighted by Gasteiger charge is 2.30. The van der Waals surface area contributed by atoms with Gasteiger partial charge in [-0.15, -0.1) is 0 Å². The van der Waals surface area contributed by atoms with Crippen molar-refractivity contribution < 1.29 is 4.79 Å². The normalized spacial score (nSPS) is 16.9. The van der Waals surface area contributed by atoms with Crippen molar-refractivity contribution in [3.8, 4) is 0 Å². The number of hydrogen-bond acceptors (Lipinski definition) is 4. The lowest BCUT2D eigenvalue weighted by Gasteiger charge is -2.36. The minimum absolute atomic E-state index is 0.250. The molecule has 1 aliphatic heterocycles. The van der Waals surface area contributed by atoms with Crippen LogP contribution in [0.2, 0.25) is 0 Å². The van der Waals surface area contributed by atoms with Gasteiger partial charge in [0.1, 0.15) is 11.6 Å². The molecule has 0 radical (unpaired) electrons. The number of rotatable bonds is 6. The zero-order valence-corrected chi connectivity index (χ0v) is 17.9. The predicted octanol–water partition coefficient (Wildman–Crippen LogP) is 3.87. The van der Waals surface area contributed by atoms with Crippen molar-refractivity contribution in [2.45, 2.75) is 58.8 Å². The van der Waals surface area contributed by atoms with E-state index in [1.165, 1.54) is 35.2 Å². The van der Waals surface area contributed by atoms with Gasteiger partial charge >= 0.3 is 0 Å². The Balaban J connectivity index is 1.67. The second-order valence-electron chi connectivity index (χ2n) is 8.35. The van der Waals surface area contributed by atoms with Crippen LogP contribution in [0.25, 0.3) is 0 Å². The molecule has 0 N–H and O–H groups in total. The highest BCUT2D eigenvalue weighted by atomic mass is 16.2. The average Bonchev–Trinajstić information content (AvgIpc) is 3.59. The van der Waals surface area contributed by atoms with Crippen molar-refractivity contribution >= 4 is 11.7 Å². The number of amides is 1. The number of aromatic nitrogens is 2. The summed E-state index contributed by atoms with van der Waals surface area (Å²) < 4.78 is 0. The third-order valence-corrected chi connectivity index (χ3v) is 6.06. The number of hydrogen-bond donors (Lipinski definition) is 0. The summed E-state index contributed by atoms with van der Waals surface area (Å²) in [5, 5.41) is 0. The summed E-state index contributed by atoms with van der Waals surface area (Å²) in [4.78, 5) is 26.5. The van der Waals surface area contributed by atoms with Crippen LogP contribution in [0, 0.1) is 6.92 Å². The number of piperazine rings is 1. The molecule has 0 atom stereocenters. The van der Waals surface area contributed by atoms with Crippen molar-refractivity contribution in [2.75, 3.05) is 31.1 Å². The van der Waals surface area contributed by atoms with Gasteiger partial charge in [-0.05, 0) is 31.7 Å². The van der Waals surface area contributed by atoms with E-state index in [2.05, 4.69) is 43.0 Å². The number of benzene rings is 1. The molecule has 154 valence electrons. The second-order valence-corrected chi connectivity index (χ2v) is 8.35. The fraction of sp³-hybridized carbons (Fsp3) is 0.542. The molecule has 0 spiro atoms. The molecule has 1 aromatic carbocycles. The molecule has 4 rings (SSSR count). The monoisotopic (exact) mass is 392 g/mol. The van der Waals surface area contributed by atoms with Crippen LogP contribution in [0.4, 0.5) is 5.82 Å². The van der Waals surface area contributed by atoms with Crippen LogP contribution in [-0.4, -0.2) is 47.0 Å². The Morgan fingerprint density at radius 3 is 2.48 bits per heavy atom. The van der Waals surface area contributed by atoms with Crippen LogP contribution in [0.3, 0.4) is 0 Å². The topological polar surface area (TPSA) is 49.3 Å². The Morgan fingerprint density at radius 1 is 1.10 bits per heavy atom. The van der Waals surface area contributed by atoms with E-state index in [1.54, 1.807) is 0 Å². The zero-order chi connectivity index (χ0) is 20.4. The lowest BCUT2D eigenvalue weighted by molar-refractivity contribution is -0.131. The van der Waals surface area contributed by atoms with Gasteiger partial charge in [-0.2, -0.15) is 0 Å². The third kappa shape index (κ3) is 4.44. The fourth-order valence-electron chi connectivity index (χ4n) is 4.21. The van der Waals surface area contributed by atoms with Gasteiger partial charge in [0.2, 0.25) is 5.91 Å². The zero-order valence-electron chi connectivity index (χ0n) is 17.9. The summed E-state index contributed by atoms with van der Waals surface area (Å²) in [5.41, 5.74) is 5.04. The van der Waals surface area contributed by atoms with Crippen molar-refractivity contribution in [1.29, 1.82) is 0 Å². The average molecular weight is 393 g/mol. The maximum Gasteiger partial charge on any atom is 0.222 e. The first kappa shape index (κ1) is 19.9. The minimum Gasteiger partial charge on any atom is -0.353 e. The van der Waals surface area contributed by atoms with Gasteiger partial charge in [-0.3, -0.25) is 4.79 Å². The largest absolute Gasteiger partial charge is 0.353 e. The number of nitrogens with zero attached hydrogens (tertiary/aromatic N) is 4. The molecule has 2 aromatic rings. The van der Waals surface area contributed by atoms with Crippen LogP contribution in [-0.2, 0) is 17.6 Å². The highest BCUT2D eigenvalue weighted by molar-refractivity contribution is 5.76. The van der Waals surface area contributed by atoms with Gasteiger partial charge in [0.25, 0.3) is 0 Å². The van der Waals surface area contributed by atoms with Gasteiger partial charge in [0.15, 0.2) is 0 Å². The molecule has 5 heteroatoms. The molecule has 0 unspecified atom stereocenters. The van der Waals surface area contributed by atoms with E-state index in [9.17, 15) is 4.79 Å². The molecule has 1 saturated carbocycles. The fourth-order valence-corrected chi connectivity index (χ4v) is 4.21. The van der Waals surface area contributed by atoms with E-state index in [1.807, 2.05) is 11.8 Å². The molecule has 1 amide bonds. The van der Waals surface area contributed by atoms with Crippen molar-refractivity contribution in [3.63, 3.8) is 0 Å². The van der Waals surface area contributed by atoms with Gasteiger partial charge < -0.3 is 9.80 Å². The minimum atomic E-state index is 0.250. The van der Waals surface area contributed by atoms with Crippen LogP contribution in [0.5, 0.6) is 0 Å². The lowest BCUT2D eigenvalue weighted by atomic mass is 10.00. The maximum atomic E-state index is 12.1. The summed E-state index contributed by atoms with van der Waals surface area (Å²) in [6, 6.07) is 8.73. The molecule has 5 nitrogen and oxygen atoms in total. The Hall–Kier alpha value is -2.43. The number of carbonyl (C=O) groups excluding carboxylic acids is 1. The Bertz CT molecular complexity index is 882. The molecule has 2 fully saturated rings. The molecule has 2 heterocycles. The van der Waals surface area contributed by atoms with E-state index in [0.29, 0.717) is 12.3 Å². The Kier molecular flexibility index (Phi) is 5.84. The SMILES string of the molecule is CCC(=O)N1CCN(c2nc(C3CC3)nc(CC)c2Cc2cccc(C)c2)CC1. The van der Waals surface area contributed by atoms with E-state index in [4.69, 9.17) is 9.97 Å². The van der Waals surface area contributed by atoms with Gasteiger partial charge in [-0.25, -0.2) is 9.97 Å². The van der Waals surface area contributed by atoms with E-state index in [0.717, 1.165) is 50.7 Å². The summed E-state index contributed by atoms with van der Waals surface area (Å²) in [6.45, 7) is 9.52. The third-order valence-electron chi connectivity index (χ3n) is 6.06. The van der Waals surface area contributed by atoms with E-state index >= 15 is 0 Å². The van der Waals surface area contributed by atoms with Gasteiger partial charge in [0, 0.05) is 56.2 Å². The number of aryl methyl sites for hydroxylation is 2. The molecular weight excluding hydrogens is 360 g/mol. The smallest absolute Gasteiger partial charge is 0.222 e. The Labute approximate surface area is 174 Å². The Morgan fingerprint density at radius 2 is 1.86 bits per heavy atom. The molecule has 0 bridgehead atoms. The van der Waals surface area contributed by atoms with E-state index in [-0.39, 0.29) is 5.91 Å². The molecule has 2 aliphatic rings. The van der Waals surface area contributed by atoms with Crippen LogP contribution < -0.4 is 4.90 Å². The van der Waals surface area contributed by atoms with Gasteiger partial charge in [0.05, 0.1) is 0 Å². The maximum absolute atomic E-state index is 12.1. The quantitative estimate of drug-likeness (QED) is 0.749. The molecular formula is C24H32N4O. The second kappa shape index (κ2) is 8.52. The van der Waals surface area contributed by atoms with Gasteiger partial charge in [-0.1, -0.05) is 43.7 Å². The first-order valence-electron chi connectivity index (χ1n) is 11.1. The standard InChI is InChI=1S/C24H32N4O/c1-4-21-20(16-18-8-6-7-17(3)15-18)24(26-23(25-21)19-9-10-19)28-13-11-27(12-14-28)22(29)5-2/h6-8,15,19H,4-5,9-14,16H2,1-3H3. The van der Waals surface area contributed by atoms with Crippen molar-refractivity contribution in [2.24, 2.45) is 0 Å². The first-order chi connectivity index (χ1) is 14.1. The van der Waals surface area contributed by atoms with Crippen LogP contribution in [0.15, 0.2) is 24.3 Å².